The van der Waals surface area contributed by atoms with Crippen LogP contribution in [0.4, 0.5) is 0 Å². The minimum absolute atomic E-state index is 0.149. The fourth-order valence-corrected chi connectivity index (χ4v) is 5.81. The van der Waals surface area contributed by atoms with Crippen molar-refractivity contribution in [2.45, 2.75) is 61.4 Å². The zero-order valence-corrected chi connectivity index (χ0v) is 24.0. The van der Waals surface area contributed by atoms with Gasteiger partial charge in [-0.2, -0.15) is 0 Å². The van der Waals surface area contributed by atoms with Crippen molar-refractivity contribution < 1.29 is 57.8 Å². The Hall–Kier alpha value is -2.00. The molecular weight excluding hydrogens is 575 g/mol. The SMILES string of the molecule is CCC[CH2][Sn+2][CH2]CCC.COC(OC)OC(=O)/C=C\C(=O)[O-].COC(OC)OC(=O)/C=C\C(=O)[O-]. The molecule has 0 fully saturated rings. The van der Waals surface area contributed by atoms with Crippen molar-refractivity contribution in [3.8, 4) is 0 Å². The Morgan fingerprint density at radius 3 is 1.20 bits per heavy atom. The van der Waals surface area contributed by atoms with E-state index in [9.17, 15) is 29.4 Å². The van der Waals surface area contributed by atoms with Crippen LogP contribution in [0.25, 0.3) is 0 Å². The van der Waals surface area contributed by atoms with Crippen LogP contribution in [0.15, 0.2) is 24.3 Å². The predicted octanol–water partition coefficient (Wildman–Crippen LogP) is -0.0484. The molecule has 0 rings (SSSR count). The molecule has 0 saturated carbocycles. The van der Waals surface area contributed by atoms with Gasteiger partial charge < -0.3 is 48.2 Å². The van der Waals surface area contributed by atoms with E-state index in [1.165, 1.54) is 54.1 Å². The minimum Gasteiger partial charge on any atom is -0.545 e. The molecule has 0 N–H and O–H groups in total. The van der Waals surface area contributed by atoms with Crippen LogP contribution in [-0.4, -0.2) is 86.4 Å². The van der Waals surface area contributed by atoms with Crippen LogP contribution in [0.3, 0.4) is 0 Å². The number of methoxy groups -OCH3 is 4. The number of hydrogen-bond donors (Lipinski definition) is 0. The number of esters is 2. The van der Waals surface area contributed by atoms with Crippen LogP contribution in [0.5, 0.6) is 0 Å². The molecule has 0 aliphatic heterocycles. The van der Waals surface area contributed by atoms with Crippen LogP contribution < -0.4 is 10.2 Å². The maximum absolute atomic E-state index is 10.7. The van der Waals surface area contributed by atoms with Crippen molar-refractivity contribution in [3.63, 3.8) is 0 Å². The second-order valence-corrected chi connectivity index (χ2v) is 10.4. The van der Waals surface area contributed by atoms with Gasteiger partial charge >= 0.3 is 94.4 Å². The Bertz CT molecular complexity index is 562. The monoisotopic (exact) mass is 612 g/mol. The standard InChI is InChI=1S/2C7H10O6.2C4H9.Sn/c2*1-11-7(12-2)13-6(10)4-3-5(8)9;2*1-3-4-2;/h2*3-4,7H,1-2H3,(H,8,9);2*1,3-4H2,2H3;/q;;;;+2/p-2/b2*4-3-;;;. The van der Waals surface area contributed by atoms with Gasteiger partial charge in [0.15, 0.2) is 0 Å². The first-order valence-corrected chi connectivity index (χ1v) is 14.7. The minimum atomic E-state index is -1.48. The summed E-state index contributed by atoms with van der Waals surface area (Å²) >= 11 is 0.149. The molecule has 12 nitrogen and oxygen atoms in total. The third-order valence-corrected chi connectivity index (χ3v) is 7.36. The van der Waals surface area contributed by atoms with Gasteiger partial charge in [-0.05, 0) is 12.2 Å². The van der Waals surface area contributed by atoms with E-state index in [0.717, 1.165) is 0 Å². The maximum Gasteiger partial charge on any atom is 0.334 e. The van der Waals surface area contributed by atoms with Gasteiger partial charge in [0.25, 0.3) is 0 Å². The van der Waals surface area contributed by atoms with Crippen molar-refractivity contribution in [1.82, 2.24) is 0 Å². The number of carbonyl (C=O) groups excluding carboxylic acids is 4. The summed E-state index contributed by atoms with van der Waals surface area (Å²) in [6, 6.07) is 0. The normalized spacial score (nSPS) is 10.3. The Labute approximate surface area is 216 Å². The van der Waals surface area contributed by atoms with Crippen LogP contribution in [0.2, 0.25) is 8.87 Å². The molecule has 0 aromatic carbocycles. The molecule has 0 bridgehead atoms. The average molecular weight is 611 g/mol. The van der Waals surface area contributed by atoms with Gasteiger partial charge in [-0.25, -0.2) is 9.59 Å². The van der Waals surface area contributed by atoms with Crippen molar-refractivity contribution in [2.75, 3.05) is 28.4 Å². The van der Waals surface area contributed by atoms with Gasteiger partial charge in [0, 0.05) is 40.6 Å². The van der Waals surface area contributed by atoms with E-state index in [2.05, 4.69) is 42.3 Å². The van der Waals surface area contributed by atoms with Crippen molar-refractivity contribution in [2.24, 2.45) is 0 Å². The molecule has 0 heterocycles. The number of carboxylic acid groups (broad SMARTS) is 2. The van der Waals surface area contributed by atoms with Crippen LogP contribution in [0, 0.1) is 0 Å². The molecular formula is C22H36O12Sn. The third kappa shape index (κ3) is 32.0. The predicted molar refractivity (Wildman–Crippen MR) is 121 cm³/mol. The maximum atomic E-state index is 10.7. The summed E-state index contributed by atoms with van der Waals surface area (Å²) in [6.07, 6.45) is 8.32. The van der Waals surface area contributed by atoms with E-state index in [0.29, 0.717) is 24.3 Å². The summed E-state index contributed by atoms with van der Waals surface area (Å²) in [5.74, 6) is -4.75. The number of unbranched alkanes of at least 4 members (excludes halogenated alkanes) is 2. The summed E-state index contributed by atoms with van der Waals surface area (Å²) in [5.41, 5.74) is 0. The van der Waals surface area contributed by atoms with Crippen LogP contribution >= 0.6 is 0 Å². The number of carboxylic acids is 2. The van der Waals surface area contributed by atoms with E-state index < -0.39 is 36.8 Å². The number of carbonyl (C=O) groups is 4. The zero-order chi connectivity index (χ0) is 27.5. The van der Waals surface area contributed by atoms with Gasteiger partial charge in [0.05, 0.1) is 11.9 Å². The van der Waals surface area contributed by atoms with Crippen LogP contribution in [-0.2, 0) is 47.6 Å². The number of rotatable bonds is 16. The largest absolute Gasteiger partial charge is 0.545 e. The zero-order valence-electron chi connectivity index (χ0n) is 21.1. The molecule has 0 aliphatic rings. The van der Waals surface area contributed by atoms with Gasteiger partial charge in [0.2, 0.25) is 0 Å². The van der Waals surface area contributed by atoms with Crippen molar-refractivity contribution in [1.29, 1.82) is 0 Å². The molecule has 200 valence electrons. The first-order valence-electron chi connectivity index (χ1n) is 10.6. The average Bonchev–Trinajstić information content (AvgIpc) is 2.84. The molecule has 0 aromatic rings. The van der Waals surface area contributed by atoms with Gasteiger partial charge in [0.1, 0.15) is 0 Å². The quantitative estimate of drug-likeness (QED) is 0.0751. The summed E-state index contributed by atoms with van der Waals surface area (Å²) in [6.45, 7) is 2.30. The smallest absolute Gasteiger partial charge is 0.334 e. The Kier molecular flexibility index (Phi) is 30.3. The first kappa shape index (κ1) is 37.5. The van der Waals surface area contributed by atoms with E-state index in [1.807, 2.05) is 0 Å². The molecule has 0 radical (unpaired) electrons. The Morgan fingerprint density at radius 2 is 0.971 bits per heavy atom. The summed E-state index contributed by atoms with van der Waals surface area (Å²) in [7, 11) is 5.07. The second-order valence-electron chi connectivity index (χ2n) is 6.16. The molecule has 0 unspecified atom stereocenters. The Balaban J connectivity index is -0.000000448. The molecule has 0 amide bonds. The second kappa shape index (κ2) is 28.2. The van der Waals surface area contributed by atoms with Crippen molar-refractivity contribution in [3.05, 3.63) is 24.3 Å². The third-order valence-electron chi connectivity index (χ3n) is 3.32. The summed E-state index contributed by atoms with van der Waals surface area (Å²) < 4.78 is 30.2. The van der Waals surface area contributed by atoms with Gasteiger partial charge in [-0.3, -0.25) is 0 Å². The molecule has 0 aromatic heterocycles. The van der Waals surface area contributed by atoms with E-state index in [1.54, 1.807) is 8.87 Å². The molecule has 0 aliphatic carbocycles. The fourth-order valence-electron chi connectivity index (χ4n) is 1.65. The summed E-state index contributed by atoms with van der Waals surface area (Å²) in [4.78, 5) is 41.2. The van der Waals surface area contributed by atoms with Crippen molar-refractivity contribution >= 4 is 45.0 Å². The number of hydrogen-bond acceptors (Lipinski definition) is 12. The number of ether oxygens (including phenoxy) is 6. The molecule has 0 atom stereocenters. The topological polar surface area (TPSA) is 170 Å². The van der Waals surface area contributed by atoms with E-state index >= 15 is 0 Å². The number of aliphatic carboxylic acids is 2. The molecule has 35 heavy (non-hydrogen) atoms. The van der Waals surface area contributed by atoms with E-state index in [-0.39, 0.29) is 21.1 Å². The van der Waals surface area contributed by atoms with Gasteiger partial charge in [-0.1, -0.05) is 0 Å². The molecule has 13 heteroatoms. The fraction of sp³-hybridized carbons (Fsp3) is 0.636. The van der Waals surface area contributed by atoms with Gasteiger partial charge in [-0.15, -0.1) is 0 Å². The molecule has 0 spiro atoms. The van der Waals surface area contributed by atoms with E-state index in [4.69, 9.17) is 0 Å². The van der Waals surface area contributed by atoms with Crippen LogP contribution in [0.1, 0.15) is 39.5 Å². The first-order chi connectivity index (χ1) is 16.6. The molecule has 0 saturated heterocycles. The summed E-state index contributed by atoms with van der Waals surface area (Å²) in [5, 5.41) is 19.7. The Morgan fingerprint density at radius 1 is 0.657 bits per heavy atom.